The van der Waals surface area contributed by atoms with Gasteiger partial charge in [0.1, 0.15) is 6.10 Å². The van der Waals surface area contributed by atoms with Gasteiger partial charge in [-0.1, -0.05) is 23.7 Å². The molecule has 0 saturated carbocycles. The molecular weight excluding hydrogens is 309 g/mol. The van der Waals surface area contributed by atoms with E-state index in [0.717, 1.165) is 18.4 Å². The lowest BCUT2D eigenvalue weighted by molar-refractivity contribution is -0.151. The smallest absolute Gasteiger partial charge is 0.310 e. The van der Waals surface area contributed by atoms with Crippen molar-refractivity contribution in [2.75, 3.05) is 7.05 Å². The van der Waals surface area contributed by atoms with Gasteiger partial charge < -0.3 is 9.64 Å². The molecule has 1 aromatic rings. The second-order valence-corrected chi connectivity index (χ2v) is 6.37. The van der Waals surface area contributed by atoms with Crippen molar-refractivity contribution in [3.05, 3.63) is 34.9 Å². The van der Waals surface area contributed by atoms with Gasteiger partial charge in [-0.25, -0.2) is 0 Å². The van der Waals surface area contributed by atoms with Crippen molar-refractivity contribution >= 4 is 30.0 Å². The number of nitrogens with zero attached hydrogens (tertiary/aromatic N) is 1. The molecule has 2 fully saturated rings. The average molecular weight is 330 g/mol. The minimum absolute atomic E-state index is 0. The highest BCUT2D eigenvalue weighted by Crippen LogP contribution is 2.35. The molecule has 21 heavy (non-hydrogen) atoms. The van der Waals surface area contributed by atoms with Crippen molar-refractivity contribution in [1.29, 1.82) is 0 Å². The molecule has 0 N–H and O–H groups in total. The van der Waals surface area contributed by atoms with Crippen LogP contribution in [0.15, 0.2) is 24.3 Å². The molecule has 2 aliphatic heterocycles. The number of rotatable bonds is 3. The lowest BCUT2D eigenvalue weighted by Gasteiger charge is -2.35. The minimum atomic E-state index is -0.124. The zero-order chi connectivity index (χ0) is 14.1. The first-order valence-corrected chi connectivity index (χ1v) is 7.65. The summed E-state index contributed by atoms with van der Waals surface area (Å²) in [5, 5.41) is 0.689. The van der Waals surface area contributed by atoms with Crippen LogP contribution in [0.1, 0.15) is 31.2 Å². The summed E-state index contributed by atoms with van der Waals surface area (Å²) < 4.78 is 5.66. The molecule has 3 rings (SSSR count). The van der Waals surface area contributed by atoms with E-state index in [2.05, 4.69) is 11.9 Å². The summed E-state index contributed by atoms with van der Waals surface area (Å²) in [7, 11) is 2.19. The summed E-state index contributed by atoms with van der Waals surface area (Å²) in [4.78, 5) is 14.5. The van der Waals surface area contributed by atoms with E-state index in [4.69, 9.17) is 16.3 Å². The fraction of sp³-hybridized carbons (Fsp3) is 0.562. The van der Waals surface area contributed by atoms with E-state index in [-0.39, 0.29) is 24.5 Å². The number of esters is 1. The Morgan fingerprint density at radius 1 is 1.24 bits per heavy atom. The Morgan fingerprint density at radius 2 is 1.81 bits per heavy atom. The number of carbonyl (C=O) groups is 1. The highest BCUT2D eigenvalue weighted by Gasteiger charge is 2.39. The van der Waals surface area contributed by atoms with Crippen LogP contribution in [0, 0.1) is 0 Å². The van der Waals surface area contributed by atoms with Crippen molar-refractivity contribution < 1.29 is 9.53 Å². The predicted octanol–water partition coefficient (Wildman–Crippen LogP) is 3.47. The van der Waals surface area contributed by atoms with Gasteiger partial charge in [0.15, 0.2) is 0 Å². The third-order valence-electron chi connectivity index (χ3n) is 4.61. The summed E-state index contributed by atoms with van der Waals surface area (Å²) in [5.74, 6) is -0.124. The fourth-order valence-electron chi connectivity index (χ4n) is 3.45. The normalized spacial score (nSPS) is 28.0. The maximum Gasteiger partial charge on any atom is 0.310 e. The molecule has 3 atom stereocenters. The van der Waals surface area contributed by atoms with Gasteiger partial charge in [-0.2, -0.15) is 0 Å². The van der Waals surface area contributed by atoms with Crippen LogP contribution in [0.2, 0.25) is 5.02 Å². The van der Waals surface area contributed by atoms with E-state index in [1.807, 2.05) is 12.1 Å². The third-order valence-corrected chi connectivity index (χ3v) is 4.87. The summed E-state index contributed by atoms with van der Waals surface area (Å²) in [6.45, 7) is 0. The molecule has 3 nitrogen and oxygen atoms in total. The minimum Gasteiger partial charge on any atom is -0.462 e. The molecular formula is C16H21Cl2NO2. The maximum atomic E-state index is 12.0. The average Bonchev–Trinajstić information content (AvgIpc) is 2.64. The van der Waals surface area contributed by atoms with Gasteiger partial charge in [0.05, 0.1) is 6.42 Å². The van der Waals surface area contributed by atoms with E-state index < -0.39 is 0 Å². The quantitative estimate of drug-likeness (QED) is 0.795. The van der Waals surface area contributed by atoms with Crippen molar-refractivity contribution in [2.24, 2.45) is 0 Å². The Morgan fingerprint density at radius 3 is 2.38 bits per heavy atom. The van der Waals surface area contributed by atoms with E-state index in [1.165, 1.54) is 12.8 Å². The van der Waals surface area contributed by atoms with Crippen LogP contribution >= 0.6 is 24.0 Å². The number of fused-ring (bicyclic) bond motifs is 2. The van der Waals surface area contributed by atoms with Crippen molar-refractivity contribution in [2.45, 2.75) is 50.3 Å². The van der Waals surface area contributed by atoms with Crippen LogP contribution in [0.5, 0.6) is 0 Å². The molecule has 0 amide bonds. The Bertz CT molecular complexity index is 478. The highest BCUT2D eigenvalue weighted by atomic mass is 35.5. The second kappa shape index (κ2) is 6.99. The van der Waals surface area contributed by atoms with E-state index in [1.54, 1.807) is 12.1 Å². The monoisotopic (exact) mass is 329 g/mol. The third kappa shape index (κ3) is 3.91. The van der Waals surface area contributed by atoms with Gasteiger partial charge in [-0.3, -0.25) is 4.79 Å². The number of benzene rings is 1. The molecule has 0 radical (unpaired) electrons. The number of piperidine rings is 1. The first-order chi connectivity index (χ1) is 9.61. The van der Waals surface area contributed by atoms with Crippen LogP contribution in [-0.2, 0) is 16.0 Å². The van der Waals surface area contributed by atoms with E-state index >= 15 is 0 Å². The van der Waals surface area contributed by atoms with E-state index in [9.17, 15) is 4.79 Å². The predicted molar refractivity (Wildman–Crippen MR) is 86.1 cm³/mol. The van der Waals surface area contributed by atoms with Crippen LogP contribution in [0.25, 0.3) is 0 Å². The molecule has 1 aromatic carbocycles. The topological polar surface area (TPSA) is 29.5 Å². The van der Waals surface area contributed by atoms with Crippen LogP contribution in [-0.4, -0.2) is 36.1 Å². The lowest BCUT2D eigenvalue weighted by Crippen LogP contribution is -2.43. The van der Waals surface area contributed by atoms with Gasteiger partial charge in [0.2, 0.25) is 0 Å². The number of ether oxygens (including phenoxy) is 1. The first-order valence-electron chi connectivity index (χ1n) is 7.27. The molecule has 1 unspecified atom stereocenters. The summed E-state index contributed by atoms with van der Waals surface area (Å²) in [6.07, 6.45) is 4.89. The van der Waals surface area contributed by atoms with Crippen LogP contribution < -0.4 is 0 Å². The zero-order valence-corrected chi connectivity index (χ0v) is 13.7. The maximum absolute atomic E-state index is 12.0. The number of hydrogen-bond acceptors (Lipinski definition) is 3. The molecule has 0 spiro atoms. The highest BCUT2D eigenvalue weighted by molar-refractivity contribution is 6.30. The molecule has 0 aliphatic carbocycles. The van der Waals surface area contributed by atoms with Gasteiger partial charge in [-0.15, -0.1) is 12.4 Å². The Balaban J connectivity index is 0.00000161. The van der Waals surface area contributed by atoms with Crippen LogP contribution in [0.4, 0.5) is 0 Å². The van der Waals surface area contributed by atoms with Gasteiger partial charge in [0.25, 0.3) is 0 Å². The number of carbonyl (C=O) groups excluding carboxylic acids is 1. The molecule has 5 heteroatoms. The molecule has 0 aromatic heterocycles. The largest absolute Gasteiger partial charge is 0.462 e. The summed E-state index contributed by atoms with van der Waals surface area (Å²) in [5.41, 5.74) is 0.954. The Hall–Kier alpha value is -0.770. The standard InChI is InChI=1S/C16H20ClNO2.ClH/c1-18-13-6-7-14(18)10-15(9-13)20-16(19)8-11-2-4-12(17)5-3-11;/h2-5,13-15H,6-10H2,1H3;1H/t13-,14+,15?;. The van der Waals surface area contributed by atoms with Gasteiger partial charge in [0, 0.05) is 17.1 Å². The zero-order valence-electron chi connectivity index (χ0n) is 12.1. The van der Waals surface area contributed by atoms with Crippen molar-refractivity contribution in [3.63, 3.8) is 0 Å². The first kappa shape index (κ1) is 16.6. The molecule has 2 aliphatic rings. The fourth-order valence-corrected chi connectivity index (χ4v) is 3.58. The van der Waals surface area contributed by atoms with Gasteiger partial charge >= 0.3 is 5.97 Å². The summed E-state index contributed by atoms with van der Waals surface area (Å²) >= 11 is 5.84. The second-order valence-electron chi connectivity index (χ2n) is 5.94. The van der Waals surface area contributed by atoms with Crippen LogP contribution in [0.3, 0.4) is 0 Å². The molecule has 2 heterocycles. The van der Waals surface area contributed by atoms with Gasteiger partial charge in [-0.05, 0) is 50.4 Å². The Kier molecular flexibility index (Phi) is 5.53. The van der Waals surface area contributed by atoms with E-state index in [0.29, 0.717) is 23.5 Å². The molecule has 2 bridgehead atoms. The molecule has 2 saturated heterocycles. The Labute approximate surface area is 137 Å². The molecule has 116 valence electrons. The number of halogens is 2. The number of hydrogen-bond donors (Lipinski definition) is 0. The van der Waals surface area contributed by atoms with Crippen molar-refractivity contribution in [3.8, 4) is 0 Å². The summed E-state index contributed by atoms with van der Waals surface area (Å²) in [6, 6.07) is 8.56. The SMILES string of the molecule is CN1[C@@H]2CC[C@H]1CC(OC(=O)Cc1ccc(Cl)cc1)C2.Cl. The van der Waals surface area contributed by atoms with Crippen molar-refractivity contribution in [1.82, 2.24) is 4.90 Å². The lowest BCUT2D eigenvalue weighted by atomic mass is 10.0.